The number of rotatable bonds is 5. The van der Waals surface area contributed by atoms with Crippen LogP contribution in [0.5, 0.6) is 0 Å². The second kappa shape index (κ2) is 6.92. The van der Waals surface area contributed by atoms with Crippen LogP contribution in [0.4, 0.5) is 0 Å². The van der Waals surface area contributed by atoms with Crippen molar-refractivity contribution in [3.8, 4) is 0 Å². The molecule has 0 aliphatic rings. The number of hydrogen-bond acceptors (Lipinski definition) is 3. The molecular formula is C15H31ClN4. The summed E-state index contributed by atoms with van der Waals surface area (Å²) in [5.74, 6) is 0. The highest BCUT2D eigenvalue weighted by Gasteiger charge is 2.24. The van der Waals surface area contributed by atoms with Gasteiger partial charge >= 0.3 is 0 Å². The van der Waals surface area contributed by atoms with Crippen LogP contribution in [0, 0.1) is 5.41 Å². The number of nitrogens with two attached hydrogens (primary N) is 1. The first kappa shape index (κ1) is 19.4. The molecule has 0 aromatic carbocycles. The topological polar surface area (TPSA) is 47.1 Å². The lowest BCUT2D eigenvalue weighted by molar-refractivity contribution is 0.209. The highest BCUT2D eigenvalue weighted by atomic mass is 35.5. The first-order valence-corrected chi connectivity index (χ1v) is 6.97. The molecule has 0 aliphatic heterocycles. The van der Waals surface area contributed by atoms with Crippen LogP contribution in [0.2, 0.25) is 0 Å². The summed E-state index contributed by atoms with van der Waals surface area (Å²) in [5.41, 5.74) is 8.54. The van der Waals surface area contributed by atoms with Crippen molar-refractivity contribution in [2.24, 2.45) is 18.2 Å². The second-order valence-corrected chi connectivity index (χ2v) is 7.47. The minimum atomic E-state index is 0. The smallest absolute Gasteiger partial charge is 0.0722 e. The zero-order valence-electron chi connectivity index (χ0n) is 14.0. The highest BCUT2D eigenvalue weighted by Crippen LogP contribution is 2.25. The van der Waals surface area contributed by atoms with Crippen LogP contribution in [0.15, 0.2) is 6.20 Å². The lowest BCUT2D eigenvalue weighted by Crippen LogP contribution is -2.36. The van der Waals surface area contributed by atoms with Crippen LogP contribution < -0.4 is 5.73 Å². The number of aromatic nitrogens is 2. The van der Waals surface area contributed by atoms with Crippen molar-refractivity contribution in [3.63, 3.8) is 0 Å². The Hall–Kier alpha value is -0.580. The van der Waals surface area contributed by atoms with Crippen molar-refractivity contribution < 1.29 is 0 Å². The first-order valence-electron chi connectivity index (χ1n) is 6.97. The first-order chi connectivity index (χ1) is 8.55. The zero-order chi connectivity index (χ0) is 14.8. The fourth-order valence-corrected chi connectivity index (χ4v) is 2.43. The van der Waals surface area contributed by atoms with E-state index in [1.165, 1.54) is 11.3 Å². The number of aryl methyl sites for hydroxylation is 1. The molecule has 0 fully saturated rings. The van der Waals surface area contributed by atoms with E-state index in [0.29, 0.717) is 6.54 Å². The third-order valence-corrected chi connectivity index (χ3v) is 3.31. The van der Waals surface area contributed by atoms with E-state index in [4.69, 9.17) is 5.73 Å². The summed E-state index contributed by atoms with van der Waals surface area (Å²) in [6.07, 6.45) is 2.13. The Morgan fingerprint density at radius 2 is 1.80 bits per heavy atom. The normalized spacial score (nSPS) is 12.7. The average molecular weight is 303 g/mol. The molecule has 20 heavy (non-hydrogen) atoms. The SMILES string of the molecule is CN(Cc1cn(C)nc1C(C)(C)C)CC(C)(C)CN.Cl. The van der Waals surface area contributed by atoms with Gasteiger partial charge in [0.25, 0.3) is 0 Å². The fraction of sp³-hybridized carbons (Fsp3) is 0.800. The summed E-state index contributed by atoms with van der Waals surface area (Å²) < 4.78 is 1.91. The molecule has 0 aliphatic carbocycles. The van der Waals surface area contributed by atoms with Gasteiger partial charge in [0, 0.05) is 37.3 Å². The summed E-state index contributed by atoms with van der Waals surface area (Å²) in [4.78, 5) is 2.33. The van der Waals surface area contributed by atoms with Crippen molar-refractivity contribution in [2.45, 2.75) is 46.6 Å². The van der Waals surface area contributed by atoms with Crippen LogP contribution in [0.1, 0.15) is 45.9 Å². The summed E-state index contributed by atoms with van der Waals surface area (Å²) in [7, 11) is 4.14. The Morgan fingerprint density at radius 3 is 2.25 bits per heavy atom. The number of nitrogens with zero attached hydrogens (tertiary/aromatic N) is 3. The van der Waals surface area contributed by atoms with E-state index in [9.17, 15) is 0 Å². The Balaban J connectivity index is 0.00000361. The quantitative estimate of drug-likeness (QED) is 0.909. The Labute approximate surface area is 130 Å². The lowest BCUT2D eigenvalue weighted by Gasteiger charge is -2.29. The summed E-state index contributed by atoms with van der Waals surface area (Å²) in [6, 6.07) is 0. The maximum absolute atomic E-state index is 5.81. The molecule has 0 radical (unpaired) electrons. The van der Waals surface area contributed by atoms with Gasteiger partial charge in [-0.25, -0.2) is 0 Å². The molecule has 0 atom stereocenters. The lowest BCUT2D eigenvalue weighted by atomic mass is 9.89. The van der Waals surface area contributed by atoms with Gasteiger partial charge in [-0.3, -0.25) is 4.68 Å². The van der Waals surface area contributed by atoms with Gasteiger partial charge in [-0.15, -0.1) is 12.4 Å². The predicted octanol–water partition coefficient (Wildman–Crippen LogP) is 2.56. The average Bonchev–Trinajstić information content (AvgIpc) is 2.58. The van der Waals surface area contributed by atoms with E-state index < -0.39 is 0 Å². The second-order valence-electron chi connectivity index (χ2n) is 7.47. The summed E-state index contributed by atoms with van der Waals surface area (Å²) in [6.45, 7) is 13.7. The van der Waals surface area contributed by atoms with Gasteiger partial charge in [0.2, 0.25) is 0 Å². The number of hydrogen-bond donors (Lipinski definition) is 1. The van der Waals surface area contributed by atoms with E-state index >= 15 is 0 Å². The molecule has 4 nitrogen and oxygen atoms in total. The molecule has 1 heterocycles. The van der Waals surface area contributed by atoms with E-state index in [1.54, 1.807) is 0 Å². The standard InChI is InChI=1S/C15H30N4.ClH/c1-14(2,3)13-12(9-19(7)17-13)8-18(6)11-15(4,5)10-16;/h9H,8,10-11,16H2,1-7H3;1H. The van der Waals surface area contributed by atoms with Crippen LogP contribution in [-0.2, 0) is 19.0 Å². The van der Waals surface area contributed by atoms with E-state index in [1.807, 2.05) is 11.7 Å². The fourth-order valence-electron chi connectivity index (χ4n) is 2.43. The molecule has 0 saturated heterocycles. The molecule has 5 heteroatoms. The van der Waals surface area contributed by atoms with Crippen molar-refractivity contribution in [1.82, 2.24) is 14.7 Å². The van der Waals surface area contributed by atoms with E-state index in [0.717, 1.165) is 13.1 Å². The van der Waals surface area contributed by atoms with Gasteiger partial charge in [0.1, 0.15) is 0 Å². The van der Waals surface area contributed by atoms with Gasteiger partial charge in [-0.05, 0) is 19.0 Å². The number of halogens is 1. The molecule has 118 valence electrons. The van der Waals surface area contributed by atoms with E-state index in [-0.39, 0.29) is 23.2 Å². The third-order valence-electron chi connectivity index (χ3n) is 3.31. The van der Waals surface area contributed by atoms with Crippen LogP contribution in [0.25, 0.3) is 0 Å². The predicted molar refractivity (Wildman–Crippen MR) is 88.3 cm³/mol. The Bertz CT molecular complexity index is 418. The summed E-state index contributed by atoms with van der Waals surface area (Å²) in [5, 5.41) is 4.62. The molecule has 2 N–H and O–H groups in total. The molecule has 0 unspecified atom stereocenters. The monoisotopic (exact) mass is 302 g/mol. The van der Waals surface area contributed by atoms with Crippen molar-refractivity contribution >= 4 is 12.4 Å². The highest BCUT2D eigenvalue weighted by molar-refractivity contribution is 5.85. The minimum Gasteiger partial charge on any atom is -0.330 e. The van der Waals surface area contributed by atoms with Crippen LogP contribution in [0.3, 0.4) is 0 Å². The Morgan fingerprint density at radius 1 is 1.25 bits per heavy atom. The molecule has 0 bridgehead atoms. The van der Waals surface area contributed by atoms with Gasteiger partial charge in [-0.2, -0.15) is 5.10 Å². The molecular weight excluding hydrogens is 272 g/mol. The molecule has 0 spiro atoms. The maximum Gasteiger partial charge on any atom is 0.0722 e. The van der Waals surface area contributed by atoms with Gasteiger partial charge in [0.05, 0.1) is 5.69 Å². The molecule has 0 amide bonds. The maximum atomic E-state index is 5.81. The molecule has 1 rings (SSSR count). The molecule has 1 aromatic rings. The largest absolute Gasteiger partial charge is 0.330 e. The van der Waals surface area contributed by atoms with E-state index in [2.05, 4.69) is 57.9 Å². The third kappa shape index (κ3) is 5.43. The van der Waals surface area contributed by atoms with Crippen LogP contribution in [-0.4, -0.2) is 34.8 Å². The van der Waals surface area contributed by atoms with Gasteiger partial charge in [-0.1, -0.05) is 34.6 Å². The molecule has 0 saturated carbocycles. The minimum absolute atomic E-state index is 0. The van der Waals surface area contributed by atoms with Crippen molar-refractivity contribution in [1.29, 1.82) is 0 Å². The van der Waals surface area contributed by atoms with Gasteiger partial charge in [0.15, 0.2) is 0 Å². The van der Waals surface area contributed by atoms with Crippen LogP contribution >= 0.6 is 12.4 Å². The molecule has 1 aromatic heterocycles. The zero-order valence-corrected chi connectivity index (χ0v) is 14.8. The van der Waals surface area contributed by atoms with Gasteiger partial charge < -0.3 is 10.6 Å². The Kier molecular flexibility index (Phi) is 6.72. The summed E-state index contributed by atoms with van der Waals surface area (Å²) >= 11 is 0. The van der Waals surface area contributed by atoms with Crippen molar-refractivity contribution in [3.05, 3.63) is 17.5 Å². The van der Waals surface area contributed by atoms with Crippen molar-refractivity contribution in [2.75, 3.05) is 20.1 Å².